The summed E-state index contributed by atoms with van der Waals surface area (Å²) in [6.45, 7) is 4.38. The highest BCUT2D eigenvalue weighted by Crippen LogP contribution is 2.85. The molecule has 0 unspecified atom stereocenters. The second-order valence-electron chi connectivity index (χ2n) is 10.7. The molecule has 0 radical (unpaired) electrons. The van der Waals surface area contributed by atoms with Crippen molar-refractivity contribution in [2.24, 2.45) is 45.3 Å². The van der Waals surface area contributed by atoms with Crippen molar-refractivity contribution in [3.8, 4) is 0 Å². The molecular weight excluding hydrogens is 304 g/mol. The lowest BCUT2D eigenvalue weighted by atomic mass is 9.38. The molecule has 6 fully saturated rings. The van der Waals surface area contributed by atoms with Gasteiger partial charge in [-0.3, -0.25) is 0 Å². The minimum absolute atomic E-state index is 0.110. The molecular formula is C20H32O4. The van der Waals surface area contributed by atoms with Gasteiger partial charge in [-0.25, -0.2) is 0 Å². The monoisotopic (exact) mass is 336 g/mol. The van der Waals surface area contributed by atoms with Crippen LogP contribution in [0.3, 0.4) is 0 Å². The van der Waals surface area contributed by atoms with Gasteiger partial charge in [0.05, 0.1) is 25.4 Å². The molecule has 0 heterocycles. The number of hydrogen-bond acceptors (Lipinski definition) is 4. The third-order valence-corrected chi connectivity index (χ3v) is 9.77. The molecule has 6 rings (SSSR count). The summed E-state index contributed by atoms with van der Waals surface area (Å²) in [6.07, 6.45) is 4.68. The van der Waals surface area contributed by atoms with Crippen LogP contribution in [0, 0.1) is 45.3 Å². The molecule has 0 amide bonds. The molecule has 6 aliphatic rings. The Morgan fingerprint density at radius 3 is 2.17 bits per heavy atom. The van der Waals surface area contributed by atoms with Gasteiger partial charge in [-0.1, -0.05) is 13.8 Å². The molecule has 0 aromatic carbocycles. The van der Waals surface area contributed by atoms with Crippen LogP contribution in [-0.2, 0) is 0 Å². The van der Waals surface area contributed by atoms with Gasteiger partial charge in [0.2, 0.25) is 0 Å². The fraction of sp³-hybridized carbons (Fsp3) is 1.00. The van der Waals surface area contributed by atoms with Crippen LogP contribution < -0.4 is 0 Å². The average molecular weight is 336 g/mol. The van der Waals surface area contributed by atoms with Crippen molar-refractivity contribution >= 4 is 0 Å². The number of aliphatic hydroxyl groups is 4. The van der Waals surface area contributed by atoms with Gasteiger partial charge in [-0.15, -0.1) is 0 Å². The first kappa shape index (κ1) is 16.0. The predicted octanol–water partition coefficient (Wildman–Crippen LogP) is 1.55. The highest BCUT2D eigenvalue weighted by molar-refractivity contribution is 5.28. The van der Waals surface area contributed by atoms with Gasteiger partial charge in [-0.2, -0.15) is 0 Å². The Morgan fingerprint density at radius 1 is 0.875 bits per heavy atom. The van der Waals surface area contributed by atoms with E-state index >= 15 is 0 Å². The van der Waals surface area contributed by atoms with Crippen molar-refractivity contribution in [1.82, 2.24) is 0 Å². The largest absolute Gasteiger partial charge is 0.396 e. The summed E-state index contributed by atoms with van der Waals surface area (Å²) in [5.74, 6) is 2.09. The summed E-state index contributed by atoms with van der Waals surface area (Å²) >= 11 is 0. The Hall–Kier alpha value is -0.160. The van der Waals surface area contributed by atoms with Crippen LogP contribution in [0.2, 0.25) is 0 Å². The fourth-order valence-electron chi connectivity index (χ4n) is 9.26. The topological polar surface area (TPSA) is 80.9 Å². The molecule has 1 spiro atoms. The van der Waals surface area contributed by atoms with Gasteiger partial charge in [0.25, 0.3) is 0 Å². The van der Waals surface area contributed by atoms with E-state index in [0.717, 1.165) is 18.3 Å². The van der Waals surface area contributed by atoms with E-state index in [1.165, 1.54) is 19.3 Å². The summed E-state index contributed by atoms with van der Waals surface area (Å²) in [4.78, 5) is 0. The summed E-state index contributed by atoms with van der Waals surface area (Å²) in [5.41, 5.74) is -0.194. The van der Waals surface area contributed by atoms with E-state index < -0.39 is 17.6 Å². The minimum Gasteiger partial charge on any atom is -0.396 e. The zero-order valence-electron chi connectivity index (χ0n) is 14.9. The first-order valence-corrected chi connectivity index (χ1v) is 9.83. The second kappa shape index (κ2) is 4.39. The van der Waals surface area contributed by atoms with Crippen LogP contribution in [0.1, 0.15) is 52.4 Å². The summed E-state index contributed by atoms with van der Waals surface area (Å²) in [5, 5.41) is 42.0. The second-order valence-corrected chi connectivity index (χ2v) is 10.7. The van der Waals surface area contributed by atoms with E-state index in [2.05, 4.69) is 13.8 Å². The quantitative estimate of drug-likeness (QED) is 0.617. The Balaban J connectivity index is 1.60. The molecule has 9 atom stereocenters. The molecule has 6 aliphatic carbocycles. The zero-order valence-corrected chi connectivity index (χ0v) is 14.9. The highest BCUT2D eigenvalue weighted by Gasteiger charge is 2.79. The van der Waals surface area contributed by atoms with E-state index in [1.807, 2.05) is 0 Å². The van der Waals surface area contributed by atoms with Crippen LogP contribution in [-0.4, -0.2) is 45.8 Å². The van der Waals surface area contributed by atoms with Gasteiger partial charge in [0.15, 0.2) is 0 Å². The Labute approximate surface area is 144 Å². The first-order chi connectivity index (χ1) is 11.2. The smallest absolute Gasteiger partial charge is 0.0586 e. The van der Waals surface area contributed by atoms with E-state index in [-0.39, 0.29) is 30.0 Å². The molecule has 6 saturated carbocycles. The summed E-state index contributed by atoms with van der Waals surface area (Å²) in [6, 6.07) is 0. The normalized spacial score (nSPS) is 62.8. The van der Waals surface area contributed by atoms with Crippen molar-refractivity contribution in [1.29, 1.82) is 0 Å². The molecule has 136 valence electrons. The van der Waals surface area contributed by atoms with Crippen molar-refractivity contribution in [3.05, 3.63) is 0 Å². The van der Waals surface area contributed by atoms with Crippen molar-refractivity contribution in [3.63, 3.8) is 0 Å². The van der Waals surface area contributed by atoms with Gasteiger partial charge in [0, 0.05) is 11.3 Å². The average Bonchev–Trinajstić information content (AvgIpc) is 2.96. The molecule has 4 heteroatoms. The SMILES string of the molecule is C[C@@]12C[C@H](O)CC(CO)(CO)[C@H]1[C@H](O)C[C@@]13C[C@H]4[C@@H](C[C@H]12)[C@@]4(C)C3. The minimum atomic E-state index is -0.749. The van der Waals surface area contributed by atoms with Crippen molar-refractivity contribution in [2.75, 3.05) is 13.2 Å². The lowest BCUT2D eigenvalue weighted by Crippen LogP contribution is -2.66. The van der Waals surface area contributed by atoms with Gasteiger partial charge in [-0.05, 0) is 72.5 Å². The third-order valence-electron chi connectivity index (χ3n) is 9.77. The van der Waals surface area contributed by atoms with Crippen molar-refractivity contribution in [2.45, 2.75) is 64.6 Å². The lowest BCUT2D eigenvalue weighted by molar-refractivity contribution is -0.246. The van der Waals surface area contributed by atoms with Crippen LogP contribution in [0.4, 0.5) is 0 Å². The maximum atomic E-state index is 11.2. The Kier molecular flexibility index (Phi) is 2.93. The molecule has 4 nitrogen and oxygen atoms in total. The van der Waals surface area contributed by atoms with E-state index in [0.29, 0.717) is 24.2 Å². The maximum Gasteiger partial charge on any atom is 0.0586 e. The number of rotatable bonds is 2. The molecule has 24 heavy (non-hydrogen) atoms. The first-order valence-electron chi connectivity index (χ1n) is 9.83. The van der Waals surface area contributed by atoms with Crippen molar-refractivity contribution < 1.29 is 20.4 Å². The lowest BCUT2D eigenvalue weighted by Gasteiger charge is -2.67. The molecule has 0 saturated heterocycles. The standard InChI is InChI=1S/C20H32O4/c1-17-4-11(23)5-20(9-21,10-22)16(17)14(24)7-19-6-13-12(3-15(17)19)18(13,2)8-19/h11-16,21-24H,3-10H2,1-2H3/t11-,12+,13-,14+,15-,16-,17-,18+,19+/m0/s1. The van der Waals surface area contributed by atoms with E-state index in [9.17, 15) is 20.4 Å². The predicted molar refractivity (Wildman–Crippen MR) is 88.9 cm³/mol. The Morgan fingerprint density at radius 2 is 1.58 bits per heavy atom. The number of aliphatic hydroxyl groups excluding tert-OH is 4. The fourth-order valence-corrected chi connectivity index (χ4v) is 9.26. The van der Waals surface area contributed by atoms with Gasteiger partial charge in [0.1, 0.15) is 0 Å². The van der Waals surface area contributed by atoms with Crippen LogP contribution in [0.25, 0.3) is 0 Å². The highest BCUT2D eigenvalue weighted by atomic mass is 16.3. The van der Waals surface area contributed by atoms with Gasteiger partial charge < -0.3 is 20.4 Å². The number of hydrogen-bond donors (Lipinski definition) is 4. The number of fused-ring (bicyclic) bond motifs is 1. The summed E-state index contributed by atoms with van der Waals surface area (Å²) in [7, 11) is 0. The van der Waals surface area contributed by atoms with E-state index in [4.69, 9.17) is 0 Å². The van der Waals surface area contributed by atoms with Crippen LogP contribution in [0.15, 0.2) is 0 Å². The molecule has 0 aromatic heterocycles. The van der Waals surface area contributed by atoms with E-state index in [1.54, 1.807) is 0 Å². The molecule has 4 bridgehead atoms. The van der Waals surface area contributed by atoms with Crippen LogP contribution in [0.5, 0.6) is 0 Å². The third kappa shape index (κ3) is 1.57. The zero-order chi connectivity index (χ0) is 17.1. The maximum absolute atomic E-state index is 11.2. The van der Waals surface area contributed by atoms with Crippen LogP contribution >= 0.6 is 0 Å². The molecule has 0 aromatic rings. The molecule has 0 aliphatic heterocycles. The summed E-state index contributed by atoms with van der Waals surface area (Å²) < 4.78 is 0. The Bertz CT molecular complexity index is 574. The van der Waals surface area contributed by atoms with Gasteiger partial charge >= 0.3 is 0 Å². The molecule has 4 N–H and O–H groups in total.